The molecule has 2 rings (SSSR count). The van der Waals surface area contributed by atoms with E-state index in [1.165, 1.54) is 17.8 Å². The quantitative estimate of drug-likeness (QED) is 0.461. The number of benzene rings is 1. The minimum atomic E-state index is -0.629. The van der Waals surface area contributed by atoms with E-state index in [1.54, 1.807) is 23.1 Å². The molecule has 2 amide bonds. The van der Waals surface area contributed by atoms with E-state index >= 15 is 0 Å². The summed E-state index contributed by atoms with van der Waals surface area (Å²) in [7, 11) is 0. The van der Waals surface area contributed by atoms with E-state index in [0.29, 0.717) is 27.9 Å². The van der Waals surface area contributed by atoms with Crippen LogP contribution in [0.1, 0.15) is 33.3 Å². The van der Waals surface area contributed by atoms with E-state index in [4.69, 9.17) is 12.2 Å². The van der Waals surface area contributed by atoms with Crippen LogP contribution >= 0.6 is 24.0 Å². The topological polar surface area (TPSA) is 55.8 Å². The number of hydrogen-bond donors (Lipinski definition) is 2. The zero-order valence-corrected chi connectivity index (χ0v) is 16.5. The normalized spacial score (nSPS) is 19.4. The molecule has 5 nitrogen and oxygen atoms in total. The minimum absolute atomic E-state index is 0.0989. The van der Waals surface area contributed by atoms with Gasteiger partial charge in [0.15, 0.2) is 0 Å². The SMILES string of the molecule is CC(C)NC(=O)N(O)C1N(CCc2ccccc2F)C(=S)SC1(C)C. The Morgan fingerprint density at radius 3 is 2.72 bits per heavy atom. The molecule has 1 atom stereocenters. The lowest BCUT2D eigenvalue weighted by molar-refractivity contribution is -0.118. The first-order valence-corrected chi connectivity index (χ1v) is 9.37. The molecule has 25 heavy (non-hydrogen) atoms. The predicted molar refractivity (Wildman–Crippen MR) is 102 cm³/mol. The number of hydroxylamine groups is 2. The molecule has 0 radical (unpaired) electrons. The Hall–Kier alpha value is -1.38. The summed E-state index contributed by atoms with van der Waals surface area (Å²) in [6.45, 7) is 7.89. The maximum Gasteiger partial charge on any atom is 0.343 e. The Labute approximate surface area is 157 Å². The molecule has 1 fully saturated rings. The number of nitrogens with zero attached hydrogens (tertiary/aromatic N) is 2. The number of amides is 2. The maximum atomic E-state index is 13.9. The second kappa shape index (κ2) is 7.88. The molecule has 1 aliphatic rings. The first kappa shape index (κ1) is 19.9. The van der Waals surface area contributed by atoms with Crippen molar-refractivity contribution in [2.75, 3.05) is 6.54 Å². The van der Waals surface area contributed by atoms with Gasteiger partial charge in [-0.2, -0.15) is 5.06 Å². The third-order valence-electron chi connectivity index (χ3n) is 3.93. The number of carbonyl (C=O) groups excluding carboxylic acids is 1. The van der Waals surface area contributed by atoms with Crippen molar-refractivity contribution in [2.24, 2.45) is 0 Å². The number of urea groups is 1. The van der Waals surface area contributed by atoms with Crippen molar-refractivity contribution in [3.8, 4) is 0 Å². The van der Waals surface area contributed by atoms with Crippen molar-refractivity contribution in [2.45, 2.75) is 51.1 Å². The number of nitrogens with one attached hydrogen (secondary N) is 1. The summed E-state index contributed by atoms with van der Waals surface area (Å²) >= 11 is 6.86. The fraction of sp³-hybridized carbons (Fsp3) is 0.529. The molecule has 1 aromatic carbocycles. The average Bonchev–Trinajstić information content (AvgIpc) is 2.73. The fourth-order valence-corrected chi connectivity index (χ4v) is 4.74. The molecule has 0 aliphatic carbocycles. The maximum absolute atomic E-state index is 13.9. The van der Waals surface area contributed by atoms with Gasteiger partial charge in [-0.1, -0.05) is 42.2 Å². The van der Waals surface area contributed by atoms with E-state index in [-0.39, 0.29) is 11.9 Å². The highest BCUT2D eigenvalue weighted by Gasteiger charge is 2.49. The van der Waals surface area contributed by atoms with Gasteiger partial charge < -0.3 is 10.2 Å². The molecule has 0 bridgehead atoms. The summed E-state index contributed by atoms with van der Waals surface area (Å²) in [5, 5.41) is 13.8. The van der Waals surface area contributed by atoms with Crippen molar-refractivity contribution in [1.82, 2.24) is 15.3 Å². The molecule has 1 saturated heterocycles. The van der Waals surface area contributed by atoms with Gasteiger partial charge in [0.05, 0.1) is 4.75 Å². The summed E-state index contributed by atoms with van der Waals surface area (Å²) in [6, 6.07) is 5.90. The zero-order chi connectivity index (χ0) is 18.8. The number of carbonyl (C=O) groups is 1. The molecule has 0 saturated carbocycles. The summed E-state index contributed by atoms with van der Waals surface area (Å²) < 4.78 is 14.0. The highest BCUT2D eigenvalue weighted by atomic mass is 32.2. The van der Waals surface area contributed by atoms with E-state index < -0.39 is 16.9 Å². The van der Waals surface area contributed by atoms with Crippen molar-refractivity contribution >= 4 is 34.3 Å². The Bertz CT molecular complexity index is 655. The molecule has 1 unspecified atom stereocenters. The van der Waals surface area contributed by atoms with Crippen LogP contribution in [0.25, 0.3) is 0 Å². The largest absolute Gasteiger partial charge is 0.343 e. The Kier molecular flexibility index (Phi) is 6.29. The molecule has 8 heteroatoms. The van der Waals surface area contributed by atoms with Gasteiger partial charge in [-0.25, -0.2) is 9.18 Å². The molecule has 1 aromatic rings. The average molecular weight is 386 g/mol. The summed E-state index contributed by atoms with van der Waals surface area (Å²) in [4.78, 5) is 14.0. The van der Waals surface area contributed by atoms with Crippen LogP contribution in [-0.2, 0) is 6.42 Å². The number of thiocarbonyl (C=S) groups is 1. The van der Waals surface area contributed by atoms with Crippen LogP contribution in [0, 0.1) is 5.82 Å². The van der Waals surface area contributed by atoms with Gasteiger partial charge in [0.2, 0.25) is 0 Å². The lowest BCUT2D eigenvalue weighted by atomic mass is 10.1. The standard InChI is InChI=1S/C17H24FN3O2S2/c1-11(2)19-15(22)21(23)14-17(3,4)25-16(24)20(14)10-9-12-7-5-6-8-13(12)18/h5-8,11,14,23H,9-10H2,1-4H3,(H,19,22). The van der Waals surface area contributed by atoms with Crippen molar-refractivity contribution in [1.29, 1.82) is 0 Å². The molecule has 2 N–H and O–H groups in total. The van der Waals surface area contributed by atoms with E-state index in [1.807, 2.05) is 27.7 Å². The molecule has 0 spiro atoms. The zero-order valence-electron chi connectivity index (χ0n) is 14.8. The number of rotatable bonds is 5. The van der Waals surface area contributed by atoms with Crippen LogP contribution in [-0.4, -0.2) is 49.0 Å². The van der Waals surface area contributed by atoms with Crippen LogP contribution in [0.3, 0.4) is 0 Å². The Morgan fingerprint density at radius 2 is 2.12 bits per heavy atom. The van der Waals surface area contributed by atoms with Gasteiger partial charge in [0.25, 0.3) is 0 Å². The monoisotopic (exact) mass is 385 g/mol. The molecule has 138 valence electrons. The lowest BCUT2D eigenvalue weighted by Crippen LogP contribution is -2.57. The Balaban J connectivity index is 2.17. The van der Waals surface area contributed by atoms with Gasteiger partial charge in [-0.15, -0.1) is 0 Å². The number of hydrogen-bond acceptors (Lipinski definition) is 4. The number of thioether (sulfide) groups is 1. The van der Waals surface area contributed by atoms with Gasteiger partial charge in [-0.05, 0) is 45.7 Å². The fourth-order valence-electron chi connectivity index (χ4n) is 2.82. The first-order chi connectivity index (χ1) is 11.6. The van der Waals surface area contributed by atoms with Crippen LogP contribution in [0.2, 0.25) is 0 Å². The molecular weight excluding hydrogens is 361 g/mol. The molecule has 0 aromatic heterocycles. The van der Waals surface area contributed by atoms with Gasteiger partial charge in [-0.3, -0.25) is 5.21 Å². The third kappa shape index (κ3) is 4.62. The number of halogens is 1. The summed E-state index contributed by atoms with van der Waals surface area (Å²) in [6.07, 6.45) is -0.199. The Morgan fingerprint density at radius 1 is 1.48 bits per heavy atom. The highest BCUT2D eigenvalue weighted by molar-refractivity contribution is 8.24. The van der Waals surface area contributed by atoms with Crippen LogP contribution in [0.5, 0.6) is 0 Å². The van der Waals surface area contributed by atoms with E-state index in [2.05, 4.69) is 5.32 Å². The van der Waals surface area contributed by atoms with Gasteiger partial charge >= 0.3 is 6.03 Å². The van der Waals surface area contributed by atoms with Crippen LogP contribution < -0.4 is 5.32 Å². The smallest absolute Gasteiger partial charge is 0.334 e. The molecule has 1 heterocycles. The van der Waals surface area contributed by atoms with Crippen LogP contribution in [0.15, 0.2) is 24.3 Å². The molecular formula is C17H24FN3O2S2. The summed E-state index contributed by atoms with van der Waals surface area (Å²) in [5.74, 6) is -0.269. The van der Waals surface area contributed by atoms with Gasteiger partial charge in [0, 0.05) is 12.6 Å². The van der Waals surface area contributed by atoms with Crippen molar-refractivity contribution < 1.29 is 14.4 Å². The van der Waals surface area contributed by atoms with Gasteiger partial charge in [0.1, 0.15) is 16.3 Å². The predicted octanol–water partition coefficient (Wildman–Crippen LogP) is 3.62. The third-order valence-corrected chi connectivity index (χ3v) is 5.56. The minimum Gasteiger partial charge on any atom is -0.334 e. The highest BCUT2D eigenvalue weighted by Crippen LogP contribution is 2.42. The first-order valence-electron chi connectivity index (χ1n) is 8.15. The lowest BCUT2D eigenvalue weighted by Gasteiger charge is -2.37. The van der Waals surface area contributed by atoms with Crippen molar-refractivity contribution in [3.05, 3.63) is 35.6 Å². The second-order valence-corrected chi connectivity index (χ2v) is 9.12. The summed E-state index contributed by atoms with van der Waals surface area (Å²) in [5.41, 5.74) is 0.579. The second-order valence-electron chi connectivity index (χ2n) is 6.83. The van der Waals surface area contributed by atoms with Crippen LogP contribution in [0.4, 0.5) is 9.18 Å². The van der Waals surface area contributed by atoms with E-state index in [0.717, 1.165) is 0 Å². The molecule has 1 aliphatic heterocycles. The van der Waals surface area contributed by atoms with Crippen molar-refractivity contribution in [3.63, 3.8) is 0 Å². The van der Waals surface area contributed by atoms with E-state index in [9.17, 15) is 14.4 Å².